The van der Waals surface area contributed by atoms with Crippen molar-refractivity contribution in [2.45, 2.75) is 155 Å². The number of amides is 2. The van der Waals surface area contributed by atoms with Gasteiger partial charge in [0.1, 0.15) is 23.3 Å². The van der Waals surface area contributed by atoms with Crippen molar-refractivity contribution in [3.63, 3.8) is 0 Å². The molecule has 4 aliphatic rings. The highest BCUT2D eigenvalue weighted by molar-refractivity contribution is 7.60. The molecule has 15 nitrogen and oxygen atoms in total. The summed E-state index contributed by atoms with van der Waals surface area (Å²) in [6, 6.07) is 6.26. The molecule has 2 aromatic rings. The summed E-state index contributed by atoms with van der Waals surface area (Å²) in [5, 5.41) is -2.12. The summed E-state index contributed by atoms with van der Waals surface area (Å²) in [5.74, 6) is -2.80. The van der Waals surface area contributed by atoms with E-state index in [9.17, 15) is 50.7 Å². The fraction of sp³-hybridized carbons (Fsp3) is 0.615. The summed E-state index contributed by atoms with van der Waals surface area (Å²) in [4.78, 5) is 64.0. The number of nitrogens with two attached hydrogens (primary N) is 1. The Labute approximate surface area is 519 Å². The molecule has 22 heteroatoms. The summed E-state index contributed by atoms with van der Waals surface area (Å²) in [7, 11) is -7.23. The smallest absolute Gasteiger partial charge is 0.403 e. The van der Waals surface area contributed by atoms with E-state index in [0.717, 1.165) is 30.7 Å². The zero-order valence-electron chi connectivity index (χ0n) is 52.6. The van der Waals surface area contributed by atoms with Crippen molar-refractivity contribution < 1.29 is 73.9 Å². The molecule has 4 fully saturated rings. The number of halogens is 5. The Balaban J connectivity index is 0.000000348. The Morgan fingerprint density at radius 2 is 1.11 bits per heavy atom. The van der Waals surface area contributed by atoms with Crippen molar-refractivity contribution in [2.75, 3.05) is 59.3 Å². The number of ketones is 2. The lowest BCUT2D eigenvalue weighted by Gasteiger charge is -2.32. The van der Waals surface area contributed by atoms with E-state index in [2.05, 4.69) is 38.0 Å². The quantitative estimate of drug-likeness (QED) is 0.0239. The second kappa shape index (κ2) is 36.3. The van der Waals surface area contributed by atoms with Gasteiger partial charge in [-0.1, -0.05) is 78.0 Å². The molecule has 2 unspecified atom stereocenters. The standard InChI is InChI=1S/C30H42F2NO5P.C17H24F2NO3P.C13H21NO2.C5H9ClO2/c1-6-10-22(5)29(35)33-19-21(4)16-27(33)28(34)18-30(17-23(30)13-15-37-14-7-2)39(36,38-8-3)20-24-25(31)11-9-12-26(24)32;1-3-9-22-10-8-13-11-17(13,20)24(21,23-4-2)12-14-15(18)6-5-7-16(14)19;1-5-6-10(3)13(16)14-8-9(2)7-12(14)11(4)15;1-4(2)3-8-5(6)7/h6-7,9,11-12,21-23,27H,1-2,8,10,13-20H2,3-5H3;3,5-7,13H,1,4,8-12,20H2,2H3;5,9-10,12H,1,6-8H2,2-4H3;4H,3H2,1-2H3/t21-,22-,23+,27-,30+,39?;13-,17+,24?;9-,10-,12-;/m010./s1. The third kappa shape index (κ3) is 21.8. The van der Waals surface area contributed by atoms with Crippen molar-refractivity contribution >= 4 is 55.1 Å². The van der Waals surface area contributed by atoms with Crippen molar-refractivity contribution in [2.24, 2.45) is 47.2 Å². The number of carbonyl (C=O) groups excluding carboxylic acids is 5. The first kappa shape index (κ1) is 76.7. The van der Waals surface area contributed by atoms with Gasteiger partial charge in [0.2, 0.25) is 26.6 Å². The van der Waals surface area contributed by atoms with Crippen LogP contribution in [0.3, 0.4) is 0 Å². The molecule has 6 rings (SSSR count). The van der Waals surface area contributed by atoms with Gasteiger partial charge >= 0.3 is 5.43 Å². The minimum Gasteiger partial charge on any atom is -0.453 e. The monoisotopic (exact) mass is 1280 g/mol. The molecule has 2 aliphatic heterocycles. The number of nitrogens with zero attached hydrogens (tertiary/aromatic N) is 2. The molecule has 2 saturated heterocycles. The van der Waals surface area contributed by atoms with E-state index in [1.165, 1.54) is 12.1 Å². The topological polar surface area (TPSA) is 198 Å². The first-order valence-electron chi connectivity index (χ1n) is 30.2. The molecule has 0 spiro atoms. The maximum absolute atomic E-state index is 14.7. The molecule has 2 heterocycles. The third-order valence-corrected chi connectivity index (χ3v) is 23.0. The van der Waals surface area contributed by atoms with Gasteiger partial charge in [-0.05, 0) is 126 Å². The van der Waals surface area contributed by atoms with Crippen molar-refractivity contribution in [3.8, 4) is 0 Å². The Hall–Kier alpha value is -4.58. The SMILES string of the molecule is C=CCOCC[C@@H]1C[C@]1(CC(=O)[C@@H]1C[C@H](C)CN1C(=O)[C@@H](C)CC=C)P(=O)(Cc1c(F)cccc1F)OCC.C=CCOCC[C@@H]1C[C@]1(N)P(=O)(Cc1c(F)cccc1F)OCC.C=CC[C@H](C)C(=O)N1C[C@@H](C)C[C@H]1C(C)=O.CC(C)COC(=O)Cl. The van der Waals surface area contributed by atoms with Crippen molar-refractivity contribution in [3.05, 3.63) is 121 Å². The van der Waals surface area contributed by atoms with Crippen molar-refractivity contribution in [1.29, 1.82) is 0 Å². The molecule has 0 aromatic heterocycles. The molecule has 2 aromatic carbocycles. The predicted molar refractivity (Wildman–Crippen MR) is 335 cm³/mol. The van der Waals surface area contributed by atoms with Crippen molar-refractivity contribution in [1.82, 2.24) is 9.80 Å². The molecule has 2 amide bonds. The van der Waals surface area contributed by atoms with Gasteiger partial charge in [0.05, 0.1) is 67.9 Å². The molecule has 0 radical (unpaired) electrons. The Bertz CT molecular complexity index is 2720. The highest BCUT2D eigenvalue weighted by atomic mass is 35.5. The number of rotatable bonds is 32. The maximum atomic E-state index is 14.7. The Morgan fingerprint density at radius 1 is 0.690 bits per heavy atom. The van der Waals surface area contributed by atoms with E-state index in [-0.39, 0.29) is 95.9 Å². The zero-order chi connectivity index (χ0) is 65.5. The predicted octanol–water partition coefficient (Wildman–Crippen LogP) is 14.6. The van der Waals surface area contributed by atoms with Gasteiger partial charge in [0, 0.05) is 67.3 Å². The van der Waals surface area contributed by atoms with Gasteiger partial charge in [0.25, 0.3) is 0 Å². The van der Waals surface area contributed by atoms with E-state index < -0.39 is 66.1 Å². The van der Waals surface area contributed by atoms with Crippen LogP contribution in [0.25, 0.3) is 0 Å². The summed E-state index contributed by atoms with van der Waals surface area (Å²) in [5.41, 5.74) is 5.06. The number of ether oxygens (including phenoxy) is 3. The van der Waals surface area contributed by atoms with E-state index >= 15 is 0 Å². The molecule has 2 N–H and O–H groups in total. The maximum Gasteiger partial charge on any atom is 0.403 e. The number of hydrogen-bond donors (Lipinski definition) is 1. The van der Waals surface area contributed by atoms with Crippen LogP contribution in [-0.4, -0.2) is 120 Å². The van der Waals surface area contributed by atoms with Crippen LogP contribution in [0.2, 0.25) is 0 Å². The fourth-order valence-corrected chi connectivity index (χ4v) is 17.8. The van der Waals surface area contributed by atoms with Gasteiger partial charge in [-0.15, -0.1) is 26.3 Å². The van der Waals surface area contributed by atoms with Crippen LogP contribution in [0.1, 0.15) is 131 Å². The summed E-state index contributed by atoms with van der Waals surface area (Å²) in [6.07, 6.45) is 10.5. The van der Waals surface area contributed by atoms with E-state index in [1.54, 1.807) is 54.9 Å². The lowest BCUT2D eigenvalue weighted by Crippen LogP contribution is -2.44. The van der Waals surface area contributed by atoms with Gasteiger partial charge < -0.3 is 38.8 Å². The average Bonchev–Trinajstić information content (AvgIpc) is 1.58. The molecule has 2 aliphatic carbocycles. The largest absolute Gasteiger partial charge is 0.453 e. The van der Waals surface area contributed by atoms with Crippen LogP contribution in [0.4, 0.5) is 22.4 Å². The number of likely N-dealkylation sites (tertiary alicyclic amines) is 2. The van der Waals surface area contributed by atoms with Gasteiger partial charge in [0.15, 0.2) is 11.6 Å². The lowest BCUT2D eigenvalue weighted by atomic mass is 9.99. The van der Waals surface area contributed by atoms with Gasteiger partial charge in [-0.2, -0.15) is 0 Å². The molecule has 87 heavy (non-hydrogen) atoms. The van der Waals surface area contributed by atoms with Crippen LogP contribution in [-0.2, 0) is 63.9 Å². The fourth-order valence-electron chi connectivity index (χ4n) is 11.4. The van der Waals surface area contributed by atoms with Gasteiger partial charge in [-0.25, -0.2) is 22.4 Å². The summed E-state index contributed by atoms with van der Waals surface area (Å²) >= 11 is 4.86. The first-order chi connectivity index (χ1) is 41.0. The number of benzene rings is 2. The van der Waals surface area contributed by atoms with Crippen LogP contribution in [0, 0.1) is 64.7 Å². The Morgan fingerprint density at radius 3 is 1.52 bits per heavy atom. The highest BCUT2D eigenvalue weighted by Gasteiger charge is 2.67. The Kier molecular flexibility index (Phi) is 32.0. The van der Waals surface area contributed by atoms with Crippen LogP contribution < -0.4 is 5.73 Å². The second-order valence-electron chi connectivity index (χ2n) is 23.8. The zero-order valence-corrected chi connectivity index (χ0v) is 55.1. The average molecular weight is 1280 g/mol. The summed E-state index contributed by atoms with van der Waals surface area (Å²) < 4.78 is 112. The lowest BCUT2D eigenvalue weighted by molar-refractivity contribution is -0.140. The molecule has 2 saturated carbocycles. The molecular formula is C65H96ClF4N3O12P2. The summed E-state index contributed by atoms with van der Waals surface area (Å²) in [6.45, 7) is 34.7. The minimum atomic E-state index is -3.77. The third-order valence-electron chi connectivity index (χ3n) is 16.2. The first-order valence-corrected chi connectivity index (χ1v) is 34.2. The molecule has 0 bridgehead atoms. The molecule has 488 valence electrons. The van der Waals surface area contributed by atoms with Crippen LogP contribution in [0.15, 0.2) is 87.0 Å². The number of carbonyl (C=O) groups is 5. The number of hydrogen-bond acceptors (Lipinski definition) is 13. The normalized spacial score (nSPS) is 24.6. The minimum absolute atomic E-state index is 0.0467. The highest BCUT2D eigenvalue weighted by Crippen LogP contribution is 2.77. The molecular weight excluding hydrogens is 1190 g/mol. The van der Waals surface area contributed by atoms with Gasteiger partial charge in [-0.3, -0.25) is 28.3 Å². The second-order valence-corrected chi connectivity index (χ2v) is 29.7. The van der Waals surface area contributed by atoms with E-state index in [0.29, 0.717) is 103 Å². The molecule has 12 atom stereocenters. The number of Topliss-reactive ketones (excluding diaryl/α,β-unsaturated/α-hetero) is 2. The number of allylic oxidation sites excluding steroid dienone is 2. The van der Waals surface area contributed by atoms with Crippen LogP contribution >= 0.6 is 26.3 Å². The van der Waals surface area contributed by atoms with E-state index in [1.807, 2.05) is 34.6 Å². The van der Waals surface area contributed by atoms with E-state index in [4.69, 9.17) is 35.9 Å². The van der Waals surface area contributed by atoms with Crippen LogP contribution in [0.5, 0.6) is 0 Å².